The molecule has 41 heavy (non-hydrogen) atoms. The lowest BCUT2D eigenvalue weighted by atomic mass is 9.80. The number of piperidine rings is 3. The Morgan fingerprint density at radius 3 is 2.49 bits per heavy atom. The second kappa shape index (κ2) is 10.8. The minimum atomic E-state index is -1.51. The van der Waals surface area contributed by atoms with E-state index >= 15 is 0 Å². The van der Waals surface area contributed by atoms with Crippen molar-refractivity contribution in [2.75, 3.05) is 36.8 Å². The lowest BCUT2D eigenvalue weighted by molar-refractivity contribution is 0.0252. The highest BCUT2D eigenvalue weighted by molar-refractivity contribution is 6.36. The number of aromatic nitrogens is 4. The Hall–Kier alpha value is -3.38. The van der Waals surface area contributed by atoms with Crippen molar-refractivity contribution < 1.29 is 1.37 Å². The van der Waals surface area contributed by atoms with Gasteiger partial charge >= 0.3 is 0 Å². The molecule has 2 aromatic carbocycles. The molecule has 0 amide bonds. The van der Waals surface area contributed by atoms with Gasteiger partial charge < -0.3 is 15.5 Å². The van der Waals surface area contributed by atoms with Crippen LogP contribution in [0.3, 0.4) is 0 Å². The molecular weight excluding hydrogens is 555 g/mol. The van der Waals surface area contributed by atoms with Gasteiger partial charge in [-0.25, -0.2) is 4.68 Å². The first-order chi connectivity index (χ1) is 20.0. The molecule has 3 aliphatic heterocycles. The average Bonchev–Trinajstić information content (AvgIpc) is 3.49. The van der Waals surface area contributed by atoms with Gasteiger partial charge in [0.25, 0.3) is 0 Å². The molecule has 0 radical (unpaired) electrons. The molecule has 3 saturated heterocycles. The highest BCUT2D eigenvalue weighted by Crippen LogP contribution is 2.39. The SMILES string of the molecule is [2H][C@](Nc1cc(Cl)c2ncc(C#N)c(NCC(C)(C)C)c2c1)(c1ccc(Cl)cc1)c1cn(C23CCN(CC2)CC3)nn1. The Kier molecular flexibility index (Phi) is 6.98. The van der Waals surface area contributed by atoms with E-state index in [1.807, 2.05) is 29.1 Å². The second-order valence-corrected chi connectivity index (χ2v) is 13.1. The van der Waals surface area contributed by atoms with Crippen molar-refractivity contribution >= 4 is 45.5 Å². The zero-order valence-corrected chi connectivity index (χ0v) is 25.0. The van der Waals surface area contributed by atoms with E-state index < -0.39 is 6.02 Å². The summed E-state index contributed by atoms with van der Waals surface area (Å²) in [7, 11) is 0. The van der Waals surface area contributed by atoms with Crippen molar-refractivity contribution in [2.45, 2.75) is 51.6 Å². The third-order valence-electron chi connectivity index (χ3n) is 8.16. The summed E-state index contributed by atoms with van der Waals surface area (Å²) in [6, 6.07) is 11.6. The fraction of sp³-hybridized carbons (Fsp3) is 0.419. The smallest absolute Gasteiger partial charge is 0.109 e. The van der Waals surface area contributed by atoms with Crippen molar-refractivity contribution in [1.29, 1.82) is 5.26 Å². The molecule has 2 N–H and O–H groups in total. The standard InChI is InChI=1S/C31H34Cl2N8/c1-30(2,3)19-36-27-21(16-34)17-35-29-24(27)14-23(15-25(29)33)37-28(20-4-6-22(32)7-5-20)26-18-41(39-38-26)31-8-11-40(12-9-31)13-10-31/h4-7,14-15,17-18,28,37H,8-13,19H2,1-3H3,(H,35,36)/t28-/m0/s1/i28D. The summed E-state index contributed by atoms with van der Waals surface area (Å²) in [5.41, 5.74) is 3.29. The van der Waals surface area contributed by atoms with Gasteiger partial charge in [-0.2, -0.15) is 5.26 Å². The lowest BCUT2D eigenvalue weighted by Crippen LogP contribution is -2.53. The minimum Gasteiger partial charge on any atom is -0.383 e. The molecule has 0 saturated carbocycles. The van der Waals surface area contributed by atoms with Crippen LogP contribution >= 0.6 is 23.2 Å². The summed E-state index contributed by atoms with van der Waals surface area (Å²) in [6.07, 6.45) is 6.53. The van der Waals surface area contributed by atoms with Gasteiger partial charge in [-0.1, -0.05) is 61.3 Å². The zero-order valence-electron chi connectivity index (χ0n) is 24.5. The van der Waals surface area contributed by atoms with E-state index in [1.165, 1.54) is 0 Å². The summed E-state index contributed by atoms with van der Waals surface area (Å²) < 4.78 is 11.8. The first kappa shape index (κ1) is 26.5. The summed E-state index contributed by atoms with van der Waals surface area (Å²) >= 11 is 13.0. The van der Waals surface area contributed by atoms with Crippen LogP contribution in [0.25, 0.3) is 10.9 Å². The van der Waals surface area contributed by atoms with Gasteiger partial charge in [-0.05, 0) is 54.5 Å². The molecule has 2 aromatic heterocycles. The third kappa shape index (κ3) is 5.59. The molecule has 8 nitrogen and oxygen atoms in total. The summed E-state index contributed by atoms with van der Waals surface area (Å²) in [5.74, 6) is 0. The normalized spacial score (nSPS) is 22.1. The zero-order chi connectivity index (χ0) is 29.7. The molecule has 3 aliphatic rings. The van der Waals surface area contributed by atoms with Gasteiger partial charge in [0.15, 0.2) is 0 Å². The maximum atomic E-state index is 9.87. The van der Waals surface area contributed by atoms with Crippen molar-refractivity contribution in [1.82, 2.24) is 24.9 Å². The number of hydrogen-bond donors (Lipinski definition) is 2. The molecule has 3 fully saturated rings. The maximum Gasteiger partial charge on any atom is 0.109 e. The van der Waals surface area contributed by atoms with Crippen LogP contribution < -0.4 is 10.6 Å². The molecule has 7 rings (SSSR count). The lowest BCUT2D eigenvalue weighted by Gasteiger charge is -2.48. The first-order valence-electron chi connectivity index (χ1n) is 14.5. The van der Waals surface area contributed by atoms with E-state index in [0.717, 1.165) is 38.9 Å². The van der Waals surface area contributed by atoms with E-state index in [1.54, 1.807) is 24.4 Å². The van der Waals surface area contributed by atoms with E-state index in [0.29, 0.717) is 55.7 Å². The van der Waals surface area contributed by atoms with Crippen LogP contribution in [0.2, 0.25) is 10.0 Å². The molecule has 0 aliphatic carbocycles. The molecule has 0 unspecified atom stereocenters. The molecule has 1 atom stereocenters. The number of nitriles is 1. The number of halogens is 2. The predicted molar refractivity (Wildman–Crippen MR) is 165 cm³/mol. The Bertz CT molecular complexity index is 1650. The molecule has 2 bridgehead atoms. The highest BCUT2D eigenvalue weighted by atomic mass is 35.5. The van der Waals surface area contributed by atoms with Gasteiger partial charge in [0.05, 0.1) is 40.9 Å². The van der Waals surface area contributed by atoms with Crippen LogP contribution in [0.15, 0.2) is 48.8 Å². The van der Waals surface area contributed by atoms with Crippen LogP contribution in [-0.4, -0.2) is 51.1 Å². The van der Waals surface area contributed by atoms with Gasteiger partial charge in [0, 0.05) is 48.5 Å². The van der Waals surface area contributed by atoms with E-state index in [-0.39, 0.29) is 11.0 Å². The van der Waals surface area contributed by atoms with Crippen molar-refractivity contribution in [3.8, 4) is 6.07 Å². The number of benzene rings is 2. The van der Waals surface area contributed by atoms with Crippen molar-refractivity contribution in [3.05, 3.63) is 75.7 Å². The number of pyridine rings is 1. The van der Waals surface area contributed by atoms with Gasteiger partial charge in [0.2, 0.25) is 0 Å². The highest BCUT2D eigenvalue weighted by Gasteiger charge is 2.42. The van der Waals surface area contributed by atoms with Crippen LogP contribution in [0.4, 0.5) is 11.4 Å². The van der Waals surface area contributed by atoms with E-state index in [9.17, 15) is 6.63 Å². The van der Waals surface area contributed by atoms with E-state index in [4.69, 9.17) is 23.2 Å². The minimum absolute atomic E-state index is 0.0207. The second-order valence-electron chi connectivity index (χ2n) is 12.3. The summed E-state index contributed by atoms with van der Waals surface area (Å²) in [6.45, 7) is 10.2. The predicted octanol–water partition coefficient (Wildman–Crippen LogP) is 6.86. The fourth-order valence-electron chi connectivity index (χ4n) is 5.77. The Morgan fingerprint density at radius 2 is 1.83 bits per heavy atom. The summed E-state index contributed by atoms with van der Waals surface area (Å²) in [4.78, 5) is 6.97. The molecule has 212 valence electrons. The van der Waals surface area contributed by atoms with Crippen LogP contribution in [0.5, 0.6) is 0 Å². The molecule has 5 heterocycles. The molecule has 4 aromatic rings. The van der Waals surface area contributed by atoms with E-state index in [2.05, 4.69) is 57.7 Å². The number of hydrogen-bond acceptors (Lipinski definition) is 7. The van der Waals surface area contributed by atoms with Gasteiger partial charge in [-0.15, -0.1) is 5.10 Å². The quantitative estimate of drug-likeness (QED) is 0.243. The van der Waals surface area contributed by atoms with Crippen LogP contribution in [-0.2, 0) is 5.54 Å². The Morgan fingerprint density at radius 1 is 1.12 bits per heavy atom. The largest absolute Gasteiger partial charge is 0.383 e. The third-order valence-corrected chi connectivity index (χ3v) is 8.70. The number of anilines is 2. The fourth-order valence-corrected chi connectivity index (χ4v) is 6.16. The number of fused-ring (bicyclic) bond motifs is 4. The van der Waals surface area contributed by atoms with Crippen LogP contribution in [0.1, 0.15) is 64.2 Å². The number of rotatable bonds is 7. The molecule has 10 heteroatoms. The summed E-state index contributed by atoms with van der Waals surface area (Å²) in [5, 5.41) is 27.6. The average molecular weight is 591 g/mol. The Labute approximate surface area is 252 Å². The van der Waals surface area contributed by atoms with Crippen LogP contribution in [0, 0.1) is 16.7 Å². The Balaban J connectivity index is 1.44. The van der Waals surface area contributed by atoms with Crippen molar-refractivity contribution in [2.24, 2.45) is 5.41 Å². The number of nitrogens with zero attached hydrogens (tertiary/aromatic N) is 6. The first-order valence-corrected chi connectivity index (χ1v) is 14.7. The molecular formula is C31H34Cl2N8. The maximum absolute atomic E-state index is 9.87. The number of nitrogens with one attached hydrogen (secondary N) is 2. The van der Waals surface area contributed by atoms with Gasteiger partial charge in [-0.3, -0.25) is 4.98 Å². The molecule has 0 spiro atoms. The van der Waals surface area contributed by atoms with Crippen molar-refractivity contribution in [3.63, 3.8) is 0 Å². The van der Waals surface area contributed by atoms with Gasteiger partial charge in [0.1, 0.15) is 11.8 Å². The topological polar surface area (TPSA) is 94.7 Å². The monoisotopic (exact) mass is 589 g/mol.